The molecule has 0 bridgehead atoms. The van der Waals surface area contributed by atoms with Gasteiger partial charge in [-0.2, -0.15) is 15.3 Å². The lowest BCUT2D eigenvalue weighted by molar-refractivity contribution is 0.647. The third-order valence-electron chi connectivity index (χ3n) is 5.56. The second-order valence-electron chi connectivity index (χ2n) is 7.37. The Morgan fingerprint density at radius 1 is 1.16 bits per heavy atom. The number of nitrogens with one attached hydrogen (secondary N) is 2. The Morgan fingerprint density at radius 3 is 2.90 bits per heavy atom. The van der Waals surface area contributed by atoms with E-state index in [0.717, 1.165) is 42.9 Å². The summed E-state index contributed by atoms with van der Waals surface area (Å²) in [6, 6.07) is 7.29. The summed E-state index contributed by atoms with van der Waals surface area (Å²) in [4.78, 5) is 18.0. The molecule has 6 aromatic rings. The van der Waals surface area contributed by atoms with Gasteiger partial charge in [0.1, 0.15) is 10.5 Å². The summed E-state index contributed by atoms with van der Waals surface area (Å²) in [5.74, 6) is 0. The molecule has 0 radical (unpaired) electrons. The van der Waals surface area contributed by atoms with Crippen LogP contribution < -0.4 is 11.3 Å². The molecule has 1 atom stereocenters. The molecule has 5 aromatic heterocycles. The maximum atomic E-state index is 13.3. The largest absolute Gasteiger partial charge is 0.323 e. The first kappa shape index (κ1) is 18.0. The molecule has 31 heavy (non-hydrogen) atoms. The highest BCUT2D eigenvalue weighted by Crippen LogP contribution is 2.34. The fraction of sp³-hybridized carbons (Fsp3) is 0.150. The van der Waals surface area contributed by atoms with Gasteiger partial charge in [0, 0.05) is 24.0 Å². The Morgan fingerprint density at radius 2 is 2.06 bits per heavy atom. The van der Waals surface area contributed by atoms with Crippen LogP contribution in [0.4, 0.5) is 0 Å². The molecule has 0 fully saturated rings. The highest BCUT2D eigenvalue weighted by atomic mass is 32.1. The molecule has 11 heteroatoms. The van der Waals surface area contributed by atoms with Crippen molar-refractivity contribution in [3.63, 3.8) is 0 Å². The van der Waals surface area contributed by atoms with Crippen LogP contribution >= 0.6 is 11.3 Å². The first-order valence-corrected chi connectivity index (χ1v) is 10.4. The van der Waals surface area contributed by atoms with Gasteiger partial charge in [0.15, 0.2) is 5.65 Å². The van der Waals surface area contributed by atoms with E-state index in [0.29, 0.717) is 12.1 Å². The van der Waals surface area contributed by atoms with Crippen LogP contribution in [0.2, 0.25) is 0 Å². The van der Waals surface area contributed by atoms with Crippen LogP contribution in [0.3, 0.4) is 0 Å². The first-order valence-electron chi connectivity index (χ1n) is 9.62. The molecule has 0 aliphatic carbocycles. The third-order valence-corrected chi connectivity index (χ3v) is 6.72. The summed E-state index contributed by atoms with van der Waals surface area (Å²) in [5, 5.41) is 20.8. The van der Waals surface area contributed by atoms with E-state index in [-0.39, 0.29) is 5.56 Å². The number of aryl methyl sites for hydroxylation is 1. The van der Waals surface area contributed by atoms with Crippen LogP contribution in [0.1, 0.15) is 22.3 Å². The smallest absolute Gasteiger partial charge is 0.291 e. The van der Waals surface area contributed by atoms with Gasteiger partial charge in [-0.05, 0) is 17.7 Å². The minimum atomic E-state index is -0.404. The summed E-state index contributed by atoms with van der Waals surface area (Å²) < 4.78 is 4.20. The van der Waals surface area contributed by atoms with Crippen molar-refractivity contribution in [3.05, 3.63) is 69.5 Å². The Hall–Kier alpha value is -3.83. The van der Waals surface area contributed by atoms with Crippen molar-refractivity contribution in [1.29, 1.82) is 0 Å². The van der Waals surface area contributed by atoms with Crippen molar-refractivity contribution < 1.29 is 0 Å². The predicted octanol–water partition coefficient (Wildman–Crippen LogP) is 2.04. The molecule has 0 spiro atoms. The molecule has 5 heterocycles. The van der Waals surface area contributed by atoms with Crippen LogP contribution in [0.25, 0.3) is 32.2 Å². The second-order valence-corrected chi connectivity index (χ2v) is 8.40. The van der Waals surface area contributed by atoms with Gasteiger partial charge in [-0.25, -0.2) is 9.67 Å². The standard InChI is InChI=1S/C20H17N9OS/c1-28-16-12(17-18(28)25-19(31-17)15(21)14-5-6-22-27-14)8-24-29(20(16)30)9-10-3-2-4-13-11(10)7-23-26-13/h2-8,15H,9,21H2,1H3,(H,22,27)(H,23,26). The molecule has 0 saturated heterocycles. The fourth-order valence-corrected chi connectivity index (χ4v) is 5.08. The first-order chi connectivity index (χ1) is 15.1. The van der Waals surface area contributed by atoms with Gasteiger partial charge in [-0.1, -0.05) is 12.1 Å². The maximum absolute atomic E-state index is 13.3. The molecule has 1 unspecified atom stereocenters. The van der Waals surface area contributed by atoms with Gasteiger partial charge in [-0.3, -0.25) is 15.0 Å². The lowest BCUT2D eigenvalue weighted by atomic mass is 10.1. The molecule has 10 nitrogen and oxygen atoms in total. The number of hydrogen-bond donors (Lipinski definition) is 3. The van der Waals surface area contributed by atoms with Gasteiger partial charge in [0.2, 0.25) is 0 Å². The van der Waals surface area contributed by atoms with E-state index in [1.807, 2.05) is 35.9 Å². The Balaban J connectivity index is 1.46. The number of hydrogen-bond acceptors (Lipinski definition) is 7. The van der Waals surface area contributed by atoms with Crippen molar-refractivity contribution >= 4 is 43.5 Å². The average molecular weight is 431 g/mol. The van der Waals surface area contributed by atoms with E-state index >= 15 is 0 Å². The second kappa shape index (κ2) is 6.59. The molecule has 1 aromatic carbocycles. The predicted molar refractivity (Wildman–Crippen MR) is 118 cm³/mol. The van der Waals surface area contributed by atoms with Crippen molar-refractivity contribution in [3.8, 4) is 0 Å². The van der Waals surface area contributed by atoms with Crippen molar-refractivity contribution in [2.45, 2.75) is 12.6 Å². The molecular formula is C20H17N9OS. The minimum Gasteiger partial charge on any atom is -0.323 e. The topological polar surface area (TPSA) is 136 Å². The summed E-state index contributed by atoms with van der Waals surface area (Å²) in [6.45, 7) is 0.355. The van der Waals surface area contributed by atoms with Gasteiger partial charge >= 0.3 is 0 Å². The highest BCUT2D eigenvalue weighted by Gasteiger charge is 2.22. The molecule has 0 amide bonds. The van der Waals surface area contributed by atoms with Crippen LogP contribution in [-0.4, -0.2) is 39.7 Å². The average Bonchev–Trinajstić information content (AvgIpc) is 3.56. The number of aromatic amines is 2. The normalized spacial score (nSPS) is 13.0. The van der Waals surface area contributed by atoms with E-state index < -0.39 is 6.04 Å². The molecule has 154 valence electrons. The monoisotopic (exact) mass is 431 g/mol. The Kier molecular flexibility index (Phi) is 3.82. The zero-order valence-electron chi connectivity index (χ0n) is 16.4. The zero-order valence-corrected chi connectivity index (χ0v) is 17.2. The third kappa shape index (κ3) is 2.64. The van der Waals surface area contributed by atoms with Gasteiger partial charge in [0.05, 0.1) is 40.9 Å². The Bertz CT molecular complexity index is 1620. The summed E-state index contributed by atoms with van der Waals surface area (Å²) in [5.41, 5.74) is 10.2. The summed E-state index contributed by atoms with van der Waals surface area (Å²) >= 11 is 1.47. The zero-order chi connectivity index (χ0) is 21.1. The lowest BCUT2D eigenvalue weighted by Crippen LogP contribution is -2.24. The fourth-order valence-electron chi connectivity index (χ4n) is 3.95. The highest BCUT2D eigenvalue weighted by molar-refractivity contribution is 7.19. The van der Waals surface area contributed by atoms with Crippen molar-refractivity contribution in [2.75, 3.05) is 0 Å². The van der Waals surface area contributed by atoms with Gasteiger partial charge < -0.3 is 10.3 Å². The number of nitrogens with zero attached hydrogens (tertiary/aromatic N) is 6. The molecule has 0 saturated carbocycles. The quantitative estimate of drug-likeness (QED) is 0.391. The van der Waals surface area contributed by atoms with Crippen molar-refractivity contribution in [2.24, 2.45) is 12.8 Å². The molecule has 6 rings (SSSR count). The number of rotatable bonds is 4. The number of H-pyrrole nitrogens is 2. The van der Waals surface area contributed by atoms with E-state index in [1.54, 1.807) is 18.6 Å². The van der Waals surface area contributed by atoms with Crippen LogP contribution in [0.5, 0.6) is 0 Å². The number of fused-ring (bicyclic) bond motifs is 4. The van der Waals surface area contributed by atoms with Gasteiger partial charge in [-0.15, -0.1) is 11.3 Å². The summed E-state index contributed by atoms with van der Waals surface area (Å²) in [7, 11) is 1.85. The van der Waals surface area contributed by atoms with Crippen LogP contribution in [0.15, 0.2) is 47.7 Å². The molecule has 0 aliphatic rings. The van der Waals surface area contributed by atoms with E-state index in [9.17, 15) is 4.79 Å². The van der Waals surface area contributed by atoms with Gasteiger partial charge in [0.25, 0.3) is 5.56 Å². The van der Waals surface area contributed by atoms with E-state index in [4.69, 9.17) is 10.7 Å². The minimum absolute atomic E-state index is 0.162. The van der Waals surface area contributed by atoms with E-state index in [1.165, 1.54) is 16.0 Å². The number of benzene rings is 1. The lowest BCUT2D eigenvalue weighted by Gasteiger charge is -2.07. The Labute approximate surface area is 178 Å². The number of thiazole rings is 1. The maximum Gasteiger partial charge on any atom is 0.291 e. The summed E-state index contributed by atoms with van der Waals surface area (Å²) in [6.07, 6.45) is 5.16. The van der Waals surface area contributed by atoms with E-state index in [2.05, 4.69) is 25.5 Å². The molecule has 0 aliphatic heterocycles. The van der Waals surface area contributed by atoms with Crippen LogP contribution in [-0.2, 0) is 13.6 Å². The van der Waals surface area contributed by atoms with Crippen molar-refractivity contribution in [1.82, 2.24) is 39.7 Å². The molecular weight excluding hydrogens is 414 g/mol. The number of nitrogens with two attached hydrogens (primary N) is 1. The number of aromatic nitrogens is 8. The molecule has 4 N–H and O–H groups in total. The van der Waals surface area contributed by atoms with Crippen LogP contribution in [0, 0.1) is 0 Å². The SMILES string of the molecule is Cn1c2nc(C(N)c3ccn[nH]3)sc2c2cnn(Cc3cccc4[nH]ncc34)c(=O)c21.